The van der Waals surface area contributed by atoms with Crippen molar-refractivity contribution in [3.05, 3.63) is 22.8 Å². The topological polar surface area (TPSA) is 51.6 Å². The van der Waals surface area contributed by atoms with Gasteiger partial charge in [-0.1, -0.05) is 11.6 Å². The van der Waals surface area contributed by atoms with Gasteiger partial charge in [-0.2, -0.15) is 0 Å². The maximum Gasteiger partial charge on any atom is 0.214 e. The van der Waals surface area contributed by atoms with Gasteiger partial charge in [0.25, 0.3) is 0 Å². The van der Waals surface area contributed by atoms with Crippen LogP contribution in [0, 0.1) is 0 Å². The van der Waals surface area contributed by atoms with Crippen molar-refractivity contribution in [3.63, 3.8) is 0 Å². The minimum Gasteiger partial charge on any atom is -0.469 e. The van der Waals surface area contributed by atoms with E-state index in [1.165, 1.54) is 0 Å². The average Bonchev–Trinajstić information content (AvgIpc) is 2.14. The third-order valence-electron chi connectivity index (χ3n) is 1.94. The second-order valence-corrected chi connectivity index (χ2v) is 3.42. The molecule has 0 saturated carbocycles. The van der Waals surface area contributed by atoms with Gasteiger partial charge in [-0.15, -0.1) is 0 Å². The molecule has 2 heterocycles. The van der Waals surface area contributed by atoms with Gasteiger partial charge in [-0.3, -0.25) is 0 Å². The molecule has 4 nitrogen and oxygen atoms in total. The number of hydrogen-bond donors (Lipinski definition) is 1. The van der Waals surface area contributed by atoms with Gasteiger partial charge in [-0.25, -0.2) is 4.98 Å². The summed E-state index contributed by atoms with van der Waals surface area (Å²) < 4.78 is 10.4. The van der Waals surface area contributed by atoms with E-state index in [1.807, 2.05) is 0 Å². The summed E-state index contributed by atoms with van der Waals surface area (Å²) in [5, 5.41) is 9.37. The lowest BCUT2D eigenvalue weighted by Gasteiger charge is -2.26. The first-order valence-corrected chi connectivity index (χ1v) is 4.68. The molecule has 1 fully saturated rings. The van der Waals surface area contributed by atoms with Gasteiger partial charge < -0.3 is 14.6 Å². The number of aliphatic hydroxyl groups excluding tert-OH is 1. The predicted molar refractivity (Wildman–Crippen MR) is 50.4 cm³/mol. The van der Waals surface area contributed by atoms with Crippen LogP contribution in [0.5, 0.6) is 5.88 Å². The second kappa shape index (κ2) is 4.13. The Labute approximate surface area is 86.4 Å². The van der Waals surface area contributed by atoms with Crippen LogP contribution in [0.25, 0.3) is 0 Å². The summed E-state index contributed by atoms with van der Waals surface area (Å²) in [5.74, 6) is 0.478. The monoisotopic (exact) mass is 215 g/mol. The SMILES string of the molecule is OCc1nc(OC2COC2)ccc1Cl. The molecular weight excluding hydrogens is 206 g/mol. The van der Waals surface area contributed by atoms with Gasteiger partial charge >= 0.3 is 0 Å². The van der Waals surface area contributed by atoms with Crippen molar-refractivity contribution in [1.29, 1.82) is 0 Å². The fourth-order valence-corrected chi connectivity index (χ4v) is 1.26. The number of halogens is 1. The van der Waals surface area contributed by atoms with Crippen LogP contribution in [-0.4, -0.2) is 29.4 Å². The van der Waals surface area contributed by atoms with Gasteiger partial charge in [0.2, 0.25) is 5.88 Å². The third kappa shape index (κ3) is 1.97. The molecule has 0 aromatic carbocycles. The molecule has 0 bridgehead atoms. The molecule has 1 aromatic heterocycles. The molecule has 0 radical (unpaired) electrons. The van der Waals surface area contributed by atoms with E-state index >= 15 is 0 Å². The fourth-order valence-electron chi connectivity index (χ4n) is 1.09. The minimum absolute atomic E-state index is 0.0789. The van der Waals surface area contributed by atoms with Gasteiger partial charge in [-0.05, 0) is 6.07 Å². The Bertz CT molecular complexity index is 328. The smallest absolute Gasteiger partial charge is 0.214 e. The van der Waals surface area contributed by atoms with E-state index in [0.717, 1.165) is 0 Å². The third-order valence-corrected chi connectivity index (χ3v) is 2.28. The minimum atomic E-state index is -0.183. The molecule has 76 valence electrons. The number of aromatic nitrogens is 1. The molecular formula is C9H10ClNO3. The van der Waals surface area contributed by atoms with Crippen molar-refractivity contribution < 1.29 is 14.6 Å². The highest BCUT2D eigenvalue weighted by Crippen LogP contribution is 2.19. The summed E-state index contributed by atoms with van der Waals surface area (Å²) in [7, 11) is 0. The van der Waals surface area contributed by atoms with Gasteiger partial charge in [0.05, 0.1) is 30.5 Å². The van der Waals surface area contributed by atoms with Crippen LogP contribution in [0.4, 0.5) is 0 Å². The first kappa shape index (κ1) is 9.71. The summed E-state index contributed by atoms with van der Waals surface area (Å²) in [6.07, 6.45) is 0.0789. The highest BCUT2D eigenvalue weighted by atomic mass is 35.5. The van der Waals surface area contributed by atoms with Gasteiger partial charge in [0.15, 0.2) is 0 Å². The van der Waals surface area contributed by atoms with Crippen molar-refractivity contribution in [2.45, 2.75) is 12.7 Å². The molecule has 1 aromatic rings. The Morgan fingerprint density at radius 2 is 2.36 bits per heavy atom. The van der Waals surface area contributed by atoms with Crippen LogP contribution in [0.15, 0.2) is 12.1 Å². The molecule has 14 heavy (non-hydrogen) atoms. The van der Waals surface area contributed by atoms with E-state index < -0.39 is 0 Å². The van der Waals surface area contributed by atoms with E-state index in [4.69, 9.17) is 26.2 Å². The lowest BCUT2D eigenvalue weighted by Crippen LogP contribution is -2.38. The van der Waals surface area contributed by atoms with E-state index in [-0.39, 0.29) is 12.7 Å². The molecule has 1 aliphatic rings. The zero-order chi connectivity index (χ0) is 9.97. The number of hydrogen-bond acceptors (Lipinski definition) is 4. The molecule has 0 unspecified atom stereocenters. The van der Waals surface area contributed by atoms with Gasteiger partial charge in [0, 0.05) is 6.07 Å². The maximum atomic E-state index is 8.92. The Kier molecular flexibility index (Phi) is 2.86. The average molecular weight is 216 g/mol. The number of aliphatic hydroxyl groups is 1. The highest BCUT2D eigenvalue weighted by Gasteiger charge is 2.20. The van der Waals surface area contributed by atoms with E-state index in [1.54, 1.807) is 12.1 Å². The Morgan fingerprint density at radius 3 is 2.93 bits per heavy atom. The summed E-state index contributed by atoms with van der Waals surface area (Å²) in [6, 6.07) is 3.34. The lowest BCUT2D eigenvalue weighted by atomic mass is 10.3. The van der Waals surface area contributed by atoms with Crippen molar-refractivity contribution >= 4 is 11.6 Å². The van der Waals surface area contributed by atoms with Crippen LogP contribution >= 0.6 is 11.6 Å². The van der Waals surface area contributed by atoms with Crippen molar-refractivity contribution in [3.8, 4) is 5.88 Å². The highest BCUT2D eigenvalue weighted by molar-refractivity contribution is 6.31. The standard InChI is InChI=1S/C9H10ClNO3/c10-7-1-2-9(11-8(7)3-12)14-6-4-13-5-6/h1-2,6,12H,3-5H2. The molecule has 0 atom stereocenters. The van der Waals surface area contributed by atoms with E-state index in [9.17, 15) is 0 Å². The molecule has 0 amide bonds. The van der Waals surface area contributed by atoms with Crippen molar-refractivity contribution in [1.82, 2.24) is 4.98 Å². The normalized spacial score (nSPS) is 16.4. The van der Waals surface area contributed by atoms with Gasteiger partial charge in [0.1, 0.15) is 6.10 Å². The van der Waals surface area contributed by atoms with E-state index in [2.05, 4.69) is 4.98 Å². The molecule has 0 spiro atoms. The molecule has 1 saturated heterocycles. The largest absolute Gasteiger partial charge is 0.469 e. The zero-order valence-electron chi connectivity index (χ0n) is 7.44. The lowest BCUT2D eigenvalue weighted by molar-refractivity contribution is -0.0814. The van der Waals surface area contributed by atoms with Crippen molar-refractivity contribution in [2.75, 3.05) is 13.2 Å². The fraction of sp³-hybridized carbons (Fsp3) is 0.444. The Morgan fingerprint density at radius 1 is 1.57 bits per heavy atom. The molecule has 1 N–H and O–H groups in total. The van der Waals surface area contributed by atoms with Crippen LogP contribution < -0.4 is 4.74 Å². The number of rotatable bonds is 3. The van der Waals surface area contributed by atoms with E-state index in [0.29, 0.717) is 29.8 Å². The van der Waals surface area contributed by atoms with Crippen LogP contribution in [-0.2, 0) is 11.3 Å². The first-order chi connectivity index (χ1) is 6.79. The summed E-state index contributed by atoms with van der Waals surface area (Å²) in [5.41, 5.74) is 0.435. The number of nitrogens with zero attached hydrogens (tertiary/aromatic N) is 1. The Hall–Kier alpha value is -0.840. The number of pyridine rings is 1. The molecule has 2 rings (SSSR count). The van der Waals surface area contributed by atoms with Crippen molar-refractivity contribution in [2.24, 2.45) is 0 Å². The number of ether oxygens (including phenoxy) is 2. The quantitative estimate of drug-likeness (QED) is 0.818. The molecule has 0 aliphatic carbocycles. The zero-order valence-corrected chi connectivity index (χ0v) is 8.20. The first-order valence-electron chi connectivity index (χ1n) is 4.30. The van der Waals surface area contributed by atoms with Crippen LogP contribution in [0.3, 0.4) is 0 Å². The molecule has 5 heteroatoms. The summed E-state index contributed by atoms with van der Waals surface area (Å²) in [6.45, 7) is 1.01. The Balaban J connectivity index is 2.09. The molecule has 1 aliphatic heterocycles. The maximum absolute atomic E-state index is 8.92. The summed E-state index contributed by atoms with van der Waals surface area (Å²) in [4.78, 5) is 4.05. The summed E-state index contributed by atoms with van der Waals surface area (Å²) >= 11 is 5.78. The van der Waals surface area contributed by atoms with Crippen LogP contribution in [0.1, 0.15) is 5.69 Å². The second-order valence-electron chi connectivity index (χ2n) is 3.01. The van der Waals surface area contributed by atoms with Crippen LogP contribution in [0.2, 0.25) is 5.02 Å². The predicted octanol–water partition coefficient (Wildman–Crippen LogP) is 1.00.